The lowest BCUT2D eigenvalue weighted by Gasteiger charge is -2.19. The molecule has 2 heterocycles. The molecule has 1 atom stereocenters. The molecule has 1 aliphatic heterocycles. The Hall–Kier alpha value is -1.29. The first-order valence-electron chi connectivity index (χ1n) is 6.81. The Morgan fingerprint density at radius 1 is 1.50 bits per heavy atom. The highest BCUT2D eigenvalue weighted by molar-refractivity contribution is 5.94. The Morgan fingerprint density at radius 3 is 3.00 bits per heavy atom. The van der Waals surface area contributed by atoms with Gasteiger partial charge in [-0.1, -0.05) is 13.3 Å². The second-order valence-corrected chi connectivity index (χ2v) is 5.00. The van der Waals surface area contributed by atoms with E-state index in [9.17, 15) is 4.79 Å². The van der Waals surface area contributed by atoms with Crippen molar-refractivity contribution in [3.8, 4) is 0 Å². The predicted octanol–water partition coefficient (Wildman–Crippen LogP) is 2.39. The fraction of sp³-hybridized carbons (Fsp3) is 0.643. The molecule has 1 unspecified atom stereocenters. The zero-order chi connectivity index (χ0) is 13.0. The SMILES string of the molecule is CCC1CCCN(C(=O)c2coc(CN)c2)CC1. The summed E-state index contributed by atoms with van der Waals surface area (Å²) in [5.41, 5.74) is 6.11. The van der Waals surface area contributed by atoms with Crippen LogP contribution in [0.4, 0.5) is 0 Å². The van der Waals surface area contributed by atoms with Crippen LogP contribution in [0, 0.1) is 5.92 Å². The Labute approximate surface area is 108 Å². The molecule has 1 aliphatic rings. The monoisotopic (exact) mass is 250 g/mol. The van der Waals surface area contributed by atoms with Crippen LogP contribution in [0.3, 0.4) is 0 Å². The number of carbonyl (C=O) groups excluding carboxylic acids is 1. The number of nitrogens with zero attached hydrogens (tertiary/aromatic N) is 1. The number of hydrogen-bond acceptors (Lipinski definition) is 3. The fourth-order valence-electron chi connectivity index (χ4n) is 2.56. The van der Waals surface area contributed by atoms with E-state index in [0.29, 0.717) is 17.9 Å². The van der Waals surface area contributed by atoms with Crippen molar-refractivity contribution in [2.45, 2.75) is 39.2 Å². The first-order valence-corrected chi connectivity index (χ1v) is 6.81. The van der Waals surface area contributed by atoms with Gasteiger partial charge in [-0.25, -0.2) is 0 Å². The maximum atomic E-state index is 12.3. The summed E-state index contributed by atoms with van der Waals surface area (Å²) in [5, 5.41) is 0. The molecule has 0 radical (unpaired) electrons. The van der Waals surface area contributed by atoms with Gasteiger partial charge in [-0.05, 0) is 31.2 Å². The Morgan fingerprint density at radius 2 is 2.33 bits per heavy atom. The largest absolute Gasteiger partial charge is 0.467 e. The van der Waals surface area contributed by atoms with E-state index in [4.69, 9.17) is 10.2 Å². The highest BCUT2D eigenvalue weighted by Gasteiger charge is 2.21. The fourth-order valence-corrected chi connectivity index (χ4v) is 2.56. The summed E-state index contributed by atoms with van der Waals surface area (Å²) < 4.78 is 5.23. The molecular formula is C14H22N2O2. The van der Waals surface area contributed by atoms with Crippen molar-refractivity contribution in [1.82, 2.24) is 4.90 Å². The van der Waals surface area contributed by atoms with Crippen molar-refractivity contribution in [3.05, 3.63) is 23.7 Å². The highest BCUT2D eigenvalue weighted by Crippen LogP contribution is 2.21. The summed E-state index contributed by atoms with van der Waals surface area (Å²) in [6.45, 7) is 4.29. The summed E-state index contributed by atoms with van der Waals surface area (Å²) >= 11 is 0. The van der Waals surface area contributed by atoms with Gasteiger partial charge >= 0.3 is 0 Å². The minimum Gasteiger partial charge on any atom is -0.467 e. The van der Waals surface area contributed by atoms with Gasteiger partial charge in [0.15, 0.2) is 0 Å². The van der Waals surface area contributed by atoms with Crippen LogP contribution in [0.1, 0.15) is 48.7 Å². The van der Waals surface area contributed by atoms with Crippen molar-refractivity contribution < 1.29 is 9.21 Å². The lowest BCUT2D eigenvalue weighted by Crippen LogP contribution is -2.31. The van der Waals surface area contributed by atoms with E-state index in [1.807, 2.05) is 4.90 Å². The molecular weight excluding hydrogens is 228 g/mol. The quantitative estimate of drug-likeness (QED) is 0.896. The third-order valence-corrected chi connectivity index (χ3v) is 3.81. The number of carbonyl (C=O) groups is 1. The van der Waals surface area contributed by atoms with E-state index in [2.05, 4.69) is 6.92 Å². The molecule has 1 amide bonds. The summed E-state index contributed by atoms with van der Waals surface area (Å²) in [6, 6.07) is 1.75. The van der Waals surface area contributed by atoms with Crippen LogP contribution in [0.2, 0.25) is 0 Å². The number of amides is 1. The van der Waals surface area contributed by atoms with Gasteiger partial charge in [-0.15, -0.1) is 0 Å². The van der Waals surface area contributed by atoms with Gasteiger partial charge in [0.2, 0.25) is 0 Å². The zero-order valence-corrected chi connectivity index (χ0v) is 11.0. The molecule has 18 heavy (non-hydrogen) atoms. The van der Waals surface area contributed by atoms with Crippen LogP contribution in [-0.4, -0.2) is 23.9 Å². The lowest BCUT2D eigenvalue weighted by atomic mass is 9.98. The molecule has 1 saturated heterocycles. The second kappa shape index (κ2) is 6.05. The molecule has 4 nitrogen and oxygen atoms in total. The van der Waals surface area contributed by atoms with Crippen LogP contribution in [0.5, 0.6) is 0 Å². The van der Waals surface area contributed by atoms with E-state index in [0.717, 1.165) is 31.8 Å². The van der Waals surface area contributed by atoms with Crippen LogP contribution in [0.15, 0.2) is 16.7 Å². The van der Waals surface area contributed by atoms with E-state index in [1.54, 1.807) is 6.07 Å². The minimum absolute atomic E-state index is 0.0789. The second-order valence-electron chi connectivity index (χ2n) is 5.00. The average Bonchev–Trinajstić information content (AvgIpc) is 2.75. The van der Waals surface area contributed by atoms with Gasteiger partial charge in [0.05, 0.1) is 12.1 Å². The number of furan rings is 1. The Balaban J connectivity index is 2.00. The average molecular weight is 250 g/mol. The molecule has 0 spiro atoms. The number of nitrogens with two attached hydrogens (primary N) is 1. The first kappa shape index (κ1) is 13.1. The topological polar surface area (TPSA) is 59.5 Å². The maximum Gasteiger partial charge on any atom is 0.257 e. The van der Waals surface area contributed by atoms with Crippen LogP contribution in [-0.2, 0) is 6.54 Å². The molecule has 0 bridgehead atoms. The smallest absolute Gasteiger partial charge is 0.257 e. The van der Waals surface area contributed by atoms with Gasteiger partial charge in [0.25, 0.3) is 5.91 Å². The van der Waals surface area contributed by atoms with Crippen molar-refractivity contribution in [1.29, 1.82) is 0 Å². The molecule has 2 N–H and O–H groups in total. The highest BCUT2D eigenvalue weighted by atomic mass is 16.3. The molecule has 0 aromatic carbocycles. The van der Waals surface area contributed by atoms with Crippen LogP contribution >= 0.6 is 0 Å². The van der Waals surface area contributed by atoms with Gasteiger partial charge in [-0.2, -0.15) is 0 Å². The molecule has 1 fully saturated rings. The zero-order valence-electron chi connectivity index (χ0n) is 11.0. The van der Waals surface area contributed by atoms with Crippen molar-refractivity contribution in [2.75, 3.05) is 13.1 Å². The van der Waals surface area contributed by atoms with Crippen molar-refractivity contribution >= 4 is 5.91 Å². The third-order valence-electron chi connectivity index (χ3n) is 3.81. The Bertz CT molecular complexity index is 400. The predicted molar refractivity (Wildman–Crippen MR) is 70.1 cm³/mol. The summed E-state index contributed by atoms with van der Waals surface area (Å²) in [6.07, 6.45) is 6.19. The molecule has 2 rings (SSSR count). The molecule has 1 aromatic heterocycles. The molecule has 0 saturated carbocycles. The van der Waals surface area contributed by atoms with Crippen molar-refractivity contribution in [3.63, 3.8) is 0 Å². The van der Waals surface area contributed by atoms with E-state index >= 15 is 0 Å². The minimum atomic E-state index is 0.0789. The Kier molecular flexibility index (Phi) is 4.42. The number of likely N-dealkylation sites (tertiary alicyclic amines) is 1. The third kappa shape index (κ3) is 2.93. The van der Waals surface area contributed by atoms with Crippen LogP contribution in [0.25, 0.3) is 0 Å². The summed E-state index contributed by atoms with van der Waals surface area (Å²) in [4.78, 5) is 14.2. The number of rotatable bonds is 3. The van der Waals surface area contributed by atoms with Gasteiger partial charge in [-0.3, -0.25) is 4.79 Å². The van der Waals surface area contributed by atoms with Crippen molar-refractivity contribution in [2.24, 2.45) is 11.7 Å². The summed E-state index contributed by atoms with van der Waals surface area (Å²) in [5.74, 6) is 1.52. The van der Waals surface area contributed by atoms with Gasteiger partial charge in [0.1, 0.15) is 12.0 Å². The van der Waals surface area contributed by atoms with Crippen LogP contribution < -0.4 is 5.73 Å². The van der Waals surface area contributed by atoms with E-state index < -0.39 is 0 Å². The molecule has 0 aliphatic carbocycles. The lowest BCUT2D eigenvalue weighted by molar-refractivity contribution is 0.0759. The van der Waals surface area contributed by atoms with Gasteiger partial charge in [0, 0.05) is 13.1 Å². The number of hydrogen-bond donors (Lipinski definition) is 1. The maximum absolute atomic E-state index is 12.3. The standard InChI is InChI=1S/C14H22N2O2/c1-2-11-4-3-6-16(7-5-11)14(17)12-8-13(9-15)18-10-12/h8,10-11H,2-7,9,15H2,1H3. The first-order chi connectivity index (χ1) is 8.74. The van der Waals surface area contributed by atoms with E-state index in [-0.39, 0.29) is 5.91 Å². The molecule has 100 valence electrons. The van der Waals surface area contributed by atoms with E-state index in [1.165, 1.54) is 19.1 Å². The normalized spacial score (nSPS) is 20.8. The molecule has 4 heteroatoms. The summed E-state index contributed by atoms with van der Waals surface area (Å²) in [7, 11) is 0. The molecule has 1 aromatic rings. The van der Waals surface area contributed by atoms with Gasteiger partial charge < -0.3 is 15.1 Å².